The number of fused-ring (bicyclic) bond motifs is 1. The number of nitrogens with zero attached hydrogens (tertiary/aromatic N) is 1. The van der Waals surface area contributed by atoms with E-state index in [1.54, 1.807) is 7.11 Å². The summed E-state index contributed by atoms with van der Waals surface area (Å²) in [6.07, 6.45) is 2.37. The summed E-state index contributed by atoms with van der Waals surface area (Å²) in [5.41, 5.74) is 0.949. The van der Waals surface area contributed by atoms with Crippen LogP contribution in [-0.2, 0) is 4.79 Å². The normalized spacial score (nSPS) is 21.5. The maximum atomic E-state index is 13.0. The molecule has 2 aliphatic rings. The van der Waals surface area contributed by atoms with Gasteiger partial charge in [0.1, 0.15) is 5.75 Å². The molecule has 1 spiro atoms. The average Bonchev–Trinajstić information content (AvgIpc) is 3.22. The van der Waals surface area contributed by atoms with Crippen LogP contribution in [0.15, 0.2) is 18.2 Å². The number of ether oxygens (including phenoxy) is 1. The molecule has 1 aromatic carbocycles. The number of rotatable bonds is 3. The number of likely N-dealkylation sites (tertiary alicyclic amines) is 1. The Labute approximate surface area is 150 Å². The lowest BCUT2D eigenvalue weighted by Crippen LogP contribution is -2.39. The minimum absolute atomic E-state index is 0.0504. The van der Waals surface area contributed by atoms with Gasteiger partial charge in [-0.05, 0) is 60.7 Å². The number of carbonyl (C=O) groups excluding carboxylic acids is 1. The first kappa shape index (κ1) is 16.4. The maximum Gasteiger partial charge on any atom is 0.307 e. The van der Waals surface area contributed by atoms with Crippen LogP contribution in [0.3, 0.4) is 0 Å². The van der Waals surface area contributed by atoms with Gasteiger partial charge in [0.25, 0.3) is 5.91 Å². The van der Waals surface area contributed by atoms with Crippen LogP contribution >= 0.6 is 11.3 Å². The molecule has 4 rings (SSSR count). The maximum absolute atomic E-state index is 13.0. The fourth-order valence-electron chi connectivity index (χ4n) is 4.08. The minimum atomic E-state index is -0.686. The van der Waals surface area contributed by atoms with Crippen LogP contribution in [0.4, 0.5) is 0 Å². The summed E-state index contributed by atoms with van der Waals surface area (Å²) in [7, 11) is 1.64. The number of aliphatic carboxylic acids is 1. The molecule has 1 amide bonds. The molecule has 1 aliphatic heterocycles. The van der Waals surface area contributed by atoms with Gasteiger partial charge in [-0.25, -0.2) is 0 Å². The lowest BCUT2D eigenvalue weighted by molar-refractivity contribution is -0.139. The number of methoxy groups -OCH3 is 1. The van der Waals surface area contributed by atoms with E-state index in [0.717, 1.165) is 45.5 Å². The minimum Gasteiger partial charge on any atom is -0.497 e. The Balaban J connectivity index is 1.53. The molecule has 2 aromatic rings. The third-order valence-electron chi connectivity index (χ3n) is 5.87. The van der Waals surface area contributed by atoms with Crippen molar-refractivity contribution in [3.05, 3.63) is 28.6 Å². The van der Waals surface area contributed by atoms with Crippen LogP contribution in [0.1, 0.15) is 34.5 Å². The van der Waals surface area contributed by atoms with Crippen LogP contribution in [0.2, 0.25) is 0 Å². The number of carboxylic acid groups (broad SMARTS) is 1. The highest BCUT2D eigenvalue weighted by Gasteiger charge is 2.59. The van der Waals surface area contributed by atoms with Crippen LogP contribution in [0, 0.1) is 18.3 Å². The zero-order valence-electron chi connectivity index (χ0n) is 14.4. The quantitative estimate of drug-likeness (QED) is 0.910. The van der Waals surface area contributed by atoms with Crippen LogP contribution in [0.25, 0.3) is 10.1 Å². The fourth-order valence-corrected chi connectivity index (χ4v) is 5.24. The summed E-state index contributed by atoms with van der Waals surface area (Å²) < 4.78 is 6.37. The van der Waals surface area contributed by atoms with Crippen molar-refractivity contribution in [3.63, 3.8) is 0 Å². The van der Waals surface area contributed by atoms with Crippen molar-refractivity contribution in [1.29, 1.82) is 0 Å². The smallest absolute Gasteiger partial charge is 0.307 e. The van der Waals surface area contributed by atoms with Gasteiger partial charge >= 0.3 is 5.97 Å². The molecule has 25 heavy (non-hydrogen) atoms. The van der Waals surface area contributed by atoms with Gasteiger partial charge in [0.2, 0.25) is 0 Å². The standard InChI is InChI=1S/C19H21NO4S/c1-11-13-9-12(24-2)3-4-15(13)25-16(11)17(21)20-7-5-19(6-8-20)10-14(19)18(22)23/h3-4,9,14H,5-8,10H2,1-2H3,(H,22,23). The Hall–Kier alpha value is -2.08. The Morgan fingerprint density at radius 3 is 2.64 bits per heavy atom. The van der Waals surface area contributed by atoms with Gasteiger partial charge in [-0.15, -0.1) is 11.3 Å². The number of thiophene rings is 1. The van der Waals surface area contributed by atoms with E-state index in [1.165, 1.54) is 11.3 Å². The van der Waals surface area contributed by atoms with Gasteiger partial charge in [0.15, 0.2) is 0 Å². The van der Waals surface area contributed by atoms with E-state index >= 15 is 0 Å². The molecule has 1 aromatic heterocycles. The van der Waals surface area contributed by atoms with Crippen molar-refractivity contribution < 1.29 is 19.4 Å². The zero-order chi connectivity index (χ0) is 17.8. The molecule has 1 saturated carbocycles. The monoisotopic (exact) mass is 359 g/mol. The largest absolute Gasteiger partial charge is 0.497 e. The second-order valence-corrected chi connectivity index (χ2v) is 8.22. The summed E-state index contributed by atoms with van der Waals surface area (Å²) in [6.45, 7) is 3.29. The second-order valence-electron chi connectivity index (χ2n) is 7.17. The van der Waals surface area contributed by atoms with Crippen LogP contribution in [-0.4, -0.2) is 42.1 Å². The molecule has 5 nitrogen and oxygen atoms in total. The van der Waals surface area contributed by atoms with E-state index in [-0.39, 0.29) is 17.2 Å². The van der Waals surface area contributed by atoms with E-state index < -0.39 is 5.97 Å². The van der Waals surface area contributed by atoms with Crippen molar-refractivity contribution in [2.45, 2.75) is 26.2 Å². The Morgan fingerprint density at radius 2 is 2.04 bits per heavy atom. The van der Waals surface area contributed by atoms with E-state index in [2.05, 4.69) is 0 Å². The molecule has 2 fully saturated rings. The summed E-state index contributed by atoms with van der Waals surface area (Å²) >= 11 is 1.52. The Bertz CT molecular complexity index is 864. The molecule has 0 bridgehead atoms. The SMILES string of the molecule is COc1ccc2sc(C(=O)N3CCC4(CC3)CC4C(=O)O)c(C)c2c1. The molecular formula is C19H21NO4S. The van der Waals surface area contributed by atoms with Gasteiger partial charge in [-0.3, -0.25) is 9.59 Å². The molecule has 0 radical (unpaired) electrons. The first-order chi connectivity index (χ1) is 11.9. The predicted molar refractivity (Wildman–Crippen MR) is 96.4 cm³/mol. The van der Waals surface area contributed by atoms with Gasteiger partial charge in [0, 0.05) is 17.8 Å². The van der Waals surface area contributed by atoms with Crippen molar-refractivity contribution >= 4 is 33.3 Å². The predicted octanol–water partition coefficient (Wildman–Crippen LogP) is 3.55. The second kappa shape index (κ2) is 5.73. The van der Waals surface area contributed by atoms with Crippen molar-refractivity contribution in [2.24, 2.45) is 11.3 Å². The summed E-state index contributed by atoms with van der Waals surface area (Å²) in [5, 5.41) is 10.3. The zero-order valence-corrected chi connectivity index (χ0v) is 15.2. The van der Waals surface area contributed by atoms with E-state index in [0.29, 0.717) is 13.1 Å². The first-order valence-corrected chi connectivity index (χ1v) is 9.36. The Morgan fingerprint density at radius 1 is 1.32 bits per heavy atom. The highest BCUT2D eigenvalue weighted by Crippen LogP contribution is 2.59. The first-order valence-electron chi connectivity index (χ1n) is 8.54. The number of piperidine rings is 1. The van der Waals surface area contributed by atoms with Crippen LogP contribution < -0.4 is 4.74 Å². The molecule has 1 atom stereocenters. The average molecular weight is 359 g/mol. The fraction of sp³-hybridized carbons (Fsp3) is 0.474. The van der Waals surface area contributed by atoms with Gasteiger partial charge in [-0.2, -0.15) is 0 Å². The number of carbonyl (C=O) groups is 2. The highest BCUT2D eigenvalue weighted by atomic mass is 32.1. The molecule has 1 N–H and O–H groups in total. The molecule has 1 saturated heterocycles. The molecule has 132 valence electrons. The summed E-state index contributed by atoms with van der Waals surface area (Å²) in [6, 6.07) is 5.89. The van der Waals surface area contributed by atoms with Crippen LogP contribution in [0.5, 0.6) is 5.75 Å². The number of hydrogen-bond donors (Lipinski definition) is 1. The van der Waals surface area contributed by atoms with Crippen molar-refractivity contribution in [2.75, 3.05) is 20.2 Å². The van der Waals surface area contributed by atoms with Crippen molar-refractivity contribution in [1.82, 2.24) is 4.90 Å². The summed E-state index contributed by atoms with van der Waals surface area (Å²) in [4.78, 5) is 26.8. The lowest BCUT2D eigenvalue weighted by atomic mass is 9.90. The molecule has 1 aliphatic carbocycles. The highest BCUT2D eigenvalue weighted by molar-refractivity contribution is 7.21. The molecule has 1 unspecified atom stereocenters. The number of carboxylic acids is 1. The third kappa shape index (κ3) is 2.59. The molecule has 6 heteroatoms. The van der Waals surface area contributed by atoms with E-state index in [1.807, 2.05) is 30.0 Å². The third-order valence-corrected chi connectivity index (χ3v) is 7.13. The Kier molecular flexibility index (Phi) is 3.76. The topological polar surface area (TPSA) is 66.8 Å². The number of aryl methyl sites for hydroxylation is 1. The van der Waals surface area contributed by atoms with Gasteiger partial charge in [-0.1, -0.05) is 0 Å². The molecular weight excluding hydrogens is 338 g/mol. The molecule has 2 heterocycles. The number of benzene rings is 1. The van der Waals surface area contributed by atoms with Gasteiger partial charge in [0.05, 0.1) is 17.9 Å². The van der Waals surface area contributed by atoms with Gasteiger partial charge < -0.3 is 14.7 Å². The number of amides is 1. The van der Waals surface area contributed by atoms with Crippen molar-refractivity contribution in [3.8, 4) is 5.75 Å². The lowest BCUT2D eigenvalue weighted by Gasteiger charge is -2.32. The van der Waals surface area contributed by atoms with E-state index in [9.17, 15) is 14.7 Å². The summed E-state index contributed by atoms with van der Waals surface area (Å²) in [5.74, 6) is -0.0295. The number of hydrogen-bond acceptors (Lipinski definition) is 4. The van der Waals surface area contributed by atoms with E-state index in [4.69, 9.17) is 4.74 Å².